The van der Waals surface area contributed by atoms with E-state index in [2.05, 4.69) is 26.3 Å². The Morgan fingerprint density at radius 2 is 1.71 bits per heavy atom. The lowest BCUT2D eigenvalue weighted by atomic mass is 10.0. The molecule has 218 valence electrons. The highest BCUT2D eigenvalue weighted by Crippen LogP contribution is 2.36. The largest absolute Gasteiger partial charge is 0.416 e. The summed E-state index contributed by atoms with van der Waals surface area (Å²) in [6, 6.07) is 15.9. The van der Waals surface area contributed by atoms with Crippen molar-refractivity contribution in [3.63, 3.8) is 0 Å². The molecule has 1 saturated heterocycles. The number of pyridine rings is 1. The van der Waals surface area contributed by atoms with E-state index < -0.39 is 17.8 Å². The maximum atomic E-state index is 14.3. The Balaban J connectivity index is 1.53. The molecule has 5 rings (SSSR count). The molecule has 2 aromatic carbocycles. The van der Waals surface area contributed by atoms with E-state index in [0.29, 0.717) is 36.1 Å². The van der Waals surface area contributed by atoms with Crippen LogP contribution in [0.15, 0.2) is 60.8 Å². The van der Waals surface area contributed by atoms with Gasteiger partial charge in [0.2, 0.25) is 5.95 Å². The number of anilines is 4. The molecule has 3 heterocycles. The Hall–Kier alpha value is -4.60. The second-order valence-electron chi connectivity index (χ2n) is 10.2. The first kappa shape index (κ1) is 28.9. The van der Waals surface area contributed by atoms with Crippen LogP contribution in [0.3, 0.4) is 0 Å². The van der Waals surface area contributed by atoms with Gasteiger partial charge in [0.25, 0.3) is 0 Å². The zero-order valence-electron chi connectivity index (χ0n) is 23.6. The number of hydrogen-bond donors (Lipinski definition) is 1. The maximum Gasteiger partial charge on any atom is 0.416 e. The van der Waals surface area contributed by atoms with Crippen LogP contribution in [0.4, 0.5) is 41.0 Å². The van der Waals surface area contributed by atoms with Gasteiger partial charge in [-0.15, -0.1) is 5.10 Å². The SMILES string of the molecule is C#CN(C(=O)N(c1ccc(C)cc1)c1ccn2nc(NC)nc2c1)c1ccc(CN2CCN(C)CC2)c(C(F)(F)F)c1. The summed E-state index contributed by atoms with van der Waals surface area (Å²) in [5, 5.41) is 7.15. The number of nitrogens with one attached hydrogen (secondary N) is 1. The molecule has 2 amide bonds. The molecule has 0 aliphatic carbocycles. The van der Waals surface area contributed by atoms with Crippen molar-refractivity contribution < 1.29 is 18.0 Å². The van der Waals surface area contributed by atoms with Gasteiger partial charge in [-0.3, -0.25) is 9.80 Å². The van der Waals surface area contributed by atoms with Crippen LogP contribution >= 0.6 is 0 Å². The lowest BCUT2D eigenvalue weighted by Crippen LogP contribution is -2.44. The molecule has 42 heavy (non-hydrogen) atoms. The van der Waals surface area contributed by atoms with Crippen molar-refractivity contribution in [2.24, 2.45) is 0 Å². The summed E-state index contributed by atoms with van der Waals surface area (Å²) in [6.45, 7) is 4.96. The van der Waals surface area contributed by atoms with Crippen LogP contribution < -0.4 is 15.1 Å². The first-order valence-corrected chi connectivity index (χ1v) is 13.4. The zero-order valence-corrected chi connectivity index (χ0v) is 23.6. The number of carbonyl (C=O) groups is 1. The Labute approximate surface area is 242 Å². The van der Waals surface area contributed by atoms with Crippen LogP contribution in [0, 0.1) is 19.4 Å². The predicted octanol–water partition coefficient (Wildman–Crippen LogP) is 5.20. The minimum absolute atomic E-state index is 0.0601. The number of benzene rings is 2. The van der Waals surface area contributed by atoms with Crippen LogP contribution in [0.5, 0.6) is 0 Å². The van der Waals surface area contributed by atoms with Crippen molar-refractivity contribution in [1.82, 2.24) is 24.4 Å². The molecule has 4 aromatic rings. The number of nitrogens with zero attached hydrogens (tertiary/aromatic N) is 7. The summed E-state index contributed by atoms with van der Waals surface area (Å²) in [5.41, 5.74) is 1.57. The standard InChI is InChI=1S/C30H31F3N8O/c1-5-39(24-11-8-22(26(18-24)30(31,32)33)20-38-16-14-37(4)15-17-38)29(42)41(23-9-6-21(2)7-10-23)25-12-13-40-27(19-25)35-28(34-3)36-40/h1,6-13,18-19H,14-17,20H2,2-4H3,(H,34,36). The number of aromatic nitrogens is 3. The molecule has 1 aliphatic heterocycles. The van der Waals surface area contributed by atoms with E-state index in [4.69, 9.17) is 6.42 Å². The third-order valence-corrected chi connectivity index (χ3v) is 7.25. The van der Waals surface area contributed by atoms with Gasteiger partial charge >= 0.3 is 12.2 Å². The number of fused-ring (bicyclic) bond motifs is 1. The molecule has 0 spiro atoms. The first-order valence-electron chi connectivity index (χ1n) is 13.4. The third-order valence-electron chi connectivity index (χ3n) is 7.25. The number of carbonyl (C=O) groups excluding carboxylic acids is 1. The second-order valence-corrected chi connectivity index (χ2v) is 10.2. The topological polar surface area (TPSA) is 72.2 Å². The van der Waals surface area contributed by atoms with Gasteiger partial charge in [0.1, 0.15) is 0 Å². The number of halogens is 3. The molecule has 0 bridgehead atoms. The van der Waals surface area contributed by atoms with E-state index in [9.17, 15) is 18.0 Å². The van der Waals surface area contributed by atoms with Gasteiger partial charge in [0.05, 0.1) is 22.6 Å². The molecule has 9 nitrogen and oxygen atoms in total. The Morgan fingerprint density at radius 1 is 1.02 bits per heavy atom. The Morgan fingerprint density at radius 3 is 2.36 bits per heavy atom. The van der Waals surface area contributed by atoms with Crippen LogP contribution in [0.1, 0.15) is 16.7 Å². The Bertz CT molecular complexity index is 1620. The molecule has 1 aliphatic rings. The first-order chi connectivity index (χ1) is 20.1. The summed E-state index contributed by atoms with van der Waals surface area (Å²) in [5.74, 6) is 0.391. The molecular weight excluding hydrogens is 545 g/mol. The third kappa shape index (κ3) is 6.02. The molecule has 0 saturated carbocycles. The molecular formula is C30H31F3N8O. The minimum atomic E-state index is -4.64. The van der Waals surface area contributed by atoms with Gasteiger partial charge in [-0.05, 0) is 49.9 Å². The monoisotopic (exact) mass is 576 g/mol. The highest BCUT2D eigenvalue weighted by molar-refractivity contribution is 6.10. The van der Waals surface area contributed by atoms with E-state index in [1.54, 1.807) is 42.0 Å². The number of hydrogen-bond acceptors (Lipinski definition) is 6. The average molecular weight is 577 g/mol. The number of rotatable bonds is 6. The number of amides is 2. The van der Waals surface area contributed by atoms with Gasteiger partial charge in [0, 0.05) is 58.1 Å². The summed E-state index contributed by atoms with van der Waals surface area (Å²) in [6.07, 6.45) is 2.80. The van der Waals surface area contributed by atoms with Gasteiger partial charge < -0.3 is 10.2 Å². The van der Waals surface area contributed by atoms with Gasteiger partial charge in [-0.2, -0.15) is 18.2 Å². The van der Waals surface area contributed by atoms with Crippen molar-refractivity contribution in [2.75, 3.05) is 55.4 Å². The van der Waals surface area contributed by atoms with Crippen molar-refractivity contribution in [2.45, 2.75) is 19.6 Å². The second kappa shape index (κ2) is 11.7. The predicted molar refractivity (Wildman–Crippen MR) is 157 cm³/mol. The fourth-order valence-electron chi connectivity index (χ4n) is 4.87. The summed E-state index contributed by atoms with van der Waals surface area (Å²) < 4.78 is 44.5. The lowest BCUT2D eigenvalue weighted by molar-refractivity contribution is -0.138. The fraction of sp³-hybridized carbons (Fsp3) is 0.300. The van der Waals surface area contributed by atoms with Crippen LogP contribution in [-0.4, -0.2) is 70.7 Å². The molecule has 0 unspecified atom stereocenters. The maximum absolute atomic E-state index is 14.3. The van der Waals surface area contributed by atoms with Gasteiger partial charge in [0.15, 0.2) is 5.65 Å². The summed E-state index contributed by atoms with van der Waals surface area (Å²) in [4.78, 5) is 24.9. The van der Waals surface area contributed by atoms with Crippen molar-refractivity contribution >= 4 is 34.7 Å². The average Bonchev–Trinajstić information content (AvgIpc) is 3.39. The number of alkyl halides is 3. The lowest BCUT2D eigenvalue weighted by Gasteiger charge is -2.33. The van der Waals surface area contributed by atoms with Crippen molar-refractivity contribution in [1.29, 1.82) is 0 Å². The summed E-state index contributed by atoms with van der Waals surface area (Å²) in [7, 11) is 3.68. The Kier molecular flexibility index (Phi) is 8.06. The van der Waals surface area contributed by atoms with Crippen LogP contribution in [0.2, 0.25) is 0 Å². The van der Waals surface area contributed by atoms with Gasteiger partial charge in [-0.1, -0.05) is 30.2 Å². The minimum Gasteiger partial charge on any atom is -0.356 e. The number of urea groups is 1. The van der Waals surface area contributed by atoms with Crippen LogP contribution in [0.25, 0.3) is 5.65 Å². The fourth-order valence-corrected chi connectivity index (χ4v) is 4.87. The van der Waals surface area contributed by atoms with Crippen LogP contribution in [-0.2, 0) is 12.7 Å². The van der Waals surface area contributed by atoms with Crippen molar-refractivity contribution in [3.8, 4) is 12.5 Å². The van der Waals surface area contributed by atoms with E-state index in [-0.39, 0.29) is 17.8 Å². The van der Waals surface area contributed by atoms with E-state index in [0.717, 1.165) is 29.6 Å². The molecule has 12 heteroatoms. The number of aryl methyl sites for hydroxylation is 1. The number of likely N-dealkylation sites (N-methyl/N-ethyl adjacent to an activating group) is 1. The van der Waals surface area contributed by atoms with Gasteiger partial charge in [-0.25, -0.2) is 14.2 Å². The molecule has 1 N–H and O–H groups in total. The highest BCUT2D eigenvalue weighted by atomic mass is 19.4. The van der Waals surface area contributed by atoms with E-state index >= 15 is 0 Å². The quantitative estimate of drug-likeness (QED) is 0.251. The molecule has 0 atom stereocenters. The molecule has 2 aromatic heterocycles. The smallest absolute Gasteiger partial charge is 0.356 e. The zero-order chi connectivity index (χ0) is 30.0. The molecule has 0 radical (unpaired) electrons. The highest BCUT2D eigenvalue weighted by Gasteiger charge is 2.35. The normalized spacial score (nSPS) is 14.5. The molecule has 1 fully saturated rings. The van der Waals surface area contributed by atoms with E-state index in [1.807, 2.05) is 31.0 Å². The number of terminal acetylenes is 1. The summed E-state index contributed by atoms with van der Waals surface area (Å²) >= 11 is 0. The number of piperazine rings is 1. The van der Waals surface area contributed by atoms with E-state index in [1.165, 1.54) is 17.0 Å². The van der Waals surface area contributed by atoms with Crippen molar-refractivity contribution in [3.05, 3.63) is 77.5 Å².